The summed E-state index contributed by atoms with van der Waals surface area (Å²) < 4.78 is 7.35. The van der Waals surface area contributed by atoms with Crippen LogP contribution < -0.4 is 4.74 Å². The normalized spacial score (nSPS) is 12.3. The van der Waals surface area contributed by atoms with Gasteiger partial charge in [0, 0.05) is 19.7 Å². The number of rotatable bonds is 7. The van der Waals surface area contributed by atoms with Crippen molar-refractivity contribution in [3.63, 3.8) is 0 Å². The maximum absolute atomic E-state index is 10.2. The van der Waals surface area contributed by atoms with E-state index in [2.05, 4.69) is 12.0 Å². The van der Waals surface area contributed by atoms with Crippen molar-refractivity contribution in [2.45, 2.75) is 32.3 Å². The second-order valence-corrected chi connectivity index (χ2v) is 5.01. The van der Waals surface area contributed by atoms with E-state index in [0.29, 0.717) is 6.42 Å². The Labute approximate surface area is 120 Å². The Bertz CT molecular complexity index is 520. The Morgan fingerprint density at radius 3 is 2.65 bits per heavy atom. The monoisotopic (exact) mass is 274 g/mol. The number of benzene rings is 1. The van der Waals surface area contributed by atoms with Gasteiger partial charge in [-0.1, -0.05) is 25.5 Å². The molecule has 1 atom stereocenters. The molecule has 20 heavy (non-hydrogen) atoms. The zero-order valence-corrected chi connectivity index (χ0v) is 12.1. The van der Waals surface area contributed by atoms with Crippen molar-refractivity contribution < 1.29 is 9.84 Å². The van der Waals surface area contributed by atoms with Crippen LogP contribution in [-0.4, -0.2) is 21.5 Å². The van der Waals surface area contributed by atoms with Gasteiger partial charge in [-0.05, 0) is 29.7 Å². The third kappa shape index (κ3) is 4.10. The summed E-state index contributed by atoms with van der Waals surface area (Å²) in [6.45, 7) is 2.88. The smallest absolute Gasteiger partial charge is 0.119 e. The average Bonchev–Trinajstić information content (AvgIpc) is 2.85. The van der Waals surface area contributed by atoms with E-state index in [1.54, 1.807) is 10.9 Å². The molecule has 4 heteroatoms. The minimum absolute atomic E-state index is 0.510. The third-order valence-corrected chi connectivity index (χ3v) is 3.22. The second kappa shape index (κ2) is 7.10. The molecule has 1 aromatic carbocycles. The average molecular weight is 274 g/mol. The van der Waals surface area contributed by atoms with Crippen molar-refractivity contribution in [1.29, 1.82) is 0 Å². The first-order valence-corrected chi connectivity index (χ1v) is 7.07. The molecule has 0 amide bonds. The first-order valence-electron chi connectivity index (χ1n) is 7.07. The van der Waals surface area contributed by atoms with Crippen molar-refractivity contribution >= 4 is 0 Å². The minimum atomic E-state index is -0.510. The first kappa shape index (κ1) is 14.6. The molecule has 4 nitrogen and oxygen atoms in total. The maximum Gasteiger partial charge on any atom is 0.119 e. The van der Waals surface area contributed by atoms with Crippen LogP contribution in [0, 0.1) is 0 Å². The first-order chi connectivity index (χ1) is 9.69. The lowest BCUT2D eigenvalue weighted by Gasteiger charge is -2.11. The SMILES string of the molecule is CCCCOc1ccc(C(O)Cc2cnn(C)c2)cc1. The molecule has 1 unspecified atom stereocenters. The zero-order valence-electron chi connectivity index (χ0n) is 12.1. The fraction of sp³-hybridized carbons (Fsp3) is 0.438. The van der Waals surface area contributed by atoms with Crippen LogP contribution in [0.2, 0.25) is 0 Å². The molecule has 0 spiro atoms. The highest BCUT2D eigenvalue weighted by atomic mass is 16.5. The fourth-order valence-corrected chi connectivity index (χ4v) is 2.04. The summed E-state index contributed by atoms with van der Waals surface area (Å²) in [6.07, 6.45) is 5.96. The molecule has 0 bridgehead atoms. The van der Waals surface area contributed by atoms with Crippen LogP contribution in [0.5, 0.6) is 5.75 Å². The van der Waals surface area contributed by atoms with E-state index < -0.39 is 6.10 Å². The number of unbranched alkanes of at least 4 members (excludes halogenated alkanes) is 1. The maximum atomic E-state index is 10.2. The van der Waals surface area contributed by atoms with E-state index in [0.717, 1.165) is 36.3 Å². The molecule has 0 aliphatic heterocycles. The van der Waals surface area contributed by atoms with Crippen LogP contribution in [0.1, 0.15) is 37.0 Å². The van der Waals surface area contributed by atoms with Crippen LogP contribution in [0.4, 0.5) is 0 Å². The molecule has 0 saturated heterocycles. The summed E-state index contributed by atoms with van der Waals surface area (Å²) in [5.41, 5.74) is 1.93. The van der Waals surface area contributed by atoms with Gasteiger partial charge >= 0.3 is 0 Å². The molecule has 0 radical (unpaired) electrons. The second-order valence-electron chi connectivity index (χ2n) is 5.01. The van der Waals surface area contributed by atoms with Gasteiger partial charge in [-0.2, -0.15) is 5.10 Å². The fourth-order valence-electron chi connectivity index (χ4n) is 2.04. The Balaban J connectivity index is 1.91. The molecule has 0 aliphatic carbocycles. The van der Waals surface area contributed by atoms with Gasteiger partial charge in [0.25, 0.3) is 0 Å². The Morgan fingerprint density at radius 2 is 2.05 bits per heavy atom. The molecule has 1 heterocycles. The summed E-state index contributed by atoms with van der Waals surface area (Å²) in [4.78, 5) is 0. The van der Waals surface area contributed by atoms with E-state index in [1.165, 1.54) is 0 Å². The van der Waals surface area contributed by atoms with Crippen molar-refractivity contribution in [2.24, 2.45) is 7.05 Å². The largest absolute Gasteiger partial charge is 0.494 e. The highest BCUT2D eigenvalue weighted by molar-refractivity contribution is 5.29. The highest BCUT2D eigenvalue weighted by Gasteiger charge is 2.10. The quantitative estimate of drug-likeness (QED) is 0.790. The summed E-state index contributed by atoms with van der Waals surface area (Å²) in [5, 5.41) is 14.3. The molecule has 2 aromatic rings. The van der Waals surface area contributed by atoms with Crippen molar-refractivity contribution in [3.8, 4) is 5.75 Å². The lowest BCUT2D eigenvalue weighted by molar-refractivity contribution is 0.178. The van der Waals surface area contributed by atoms with Gasteiger partial charge in [-0.15, -0.1) is 0 Å². The van der Waals surface area contributed by atoms with Crippen LogP contribution in [0.15, 0.2) is 36.7 Å². The van der Waals surface area contributed by atoms with E-state index in [-0.39, 0.29) is 0 Å². The number of aromatic nitrogens is 2. The predicted molar refractivity (Wildman–Crippen MR) is 78.7 cm³/mol. The van der Waals surface area contributed by atoms with Gasteiger partial charge in [0.05, 0.1) is 18.9 Å². The lowest BCUT2D eigenvalue weighted by Crippen LogP contribution is -2.02. The van der Waals surface area contributed by atoms with Gasteiger partial charge in [0.15, 0.2) is 0 Å². The van der Waals surface area contributed by atoms with Gasteiger partial charge in [-0.3, -0.25) is 4.68 Å². The summed E-state index contributed by atoms with van der Waals surface area (Å²) in [6, 6.07) is 7.67. The van der Waals surface area contributed by atoms with Crippen molar-refractivity contribution in [1.82, 2.24) is 9.78 Å². The van der Waals surface area contributed by atoms with E-state index >= 15 is 0 Å². The highest BCUT2D eigenvalue weighted by Crippen LogP contribution is 2.21. The standard InChI is InChI=1S/C16H22N2O2/c1-3-4-9-20-15-7-5-14(6-8-15)16(19)10-13-11-17-18(2)12-13/h5-8,11-12,16,19H,3-4,9-10H2,1-2H3. The number of aliphatic hydroxyl groups is 1. The number of aryl methyl sites for hydroxylation is 1. The van der Waals surface area contributed by atoms with Crippen LogP contribution in [0.25, 0.3) is 0 Å². The van der Waals surface area contributed by atoms with Crippen LogP contribution >= 0.6 is 0 Å². The molecular weight excluding hydrogens is 252 g/mol. The Morgan fingerprint density at radius 1 is 1.30 bits per heavy atom. The number of ether oxygens (including phenoxy) is 1. The van der Waals surface area contributed by atoms with Crippen molar-refractivity contribution in [2.75, 3.05) is 6.61 Å². The van der Waals surface area contributed by atoms with Gasteiger partial charge in [-0.25, -0.2) is 0 Å². The minimum Gasteiger partial charge on any atom is -0.494 e. The van der Waals surface area contributed by atoms with E-state index in [9.17, 15) is 5.11 Å². The topological polar surface area (TPSA) is 47.3 Å². The predicted octanol–water partition coefficient (Wildman–Crippen LogP) is 2.88. The molecular formula is C16H22N2O2. The van der Waals surface area contributed by atoms with Gasteiger partial charge in [0.2, 0.25) is 0 Å². The summed E-state index contributed by atoms with van der Waals surface area (Å²) in [7, 11) is 1.87. The Kier molecular flexibility index (Phi) is 5.18. The van der Waals surface area contributed by atoms with Crippen molar-refractivity contribution in [3.05, 3.63) is 47.8 Å². The Hall–Kier alpha value is -1.81. The lowest BCUT2D eigenvalue weighted by atomic mass is 10.0. The van der Waals surface area contributed by atoms with E-state index in [4.69, 9.17) is 4.74 Å². The number of hydrogen-bond donors (Lipinski definition) is 1. The summed E-state index contributed by atoms with van der Waals surface area (Å²) >= 11 is 0. The van der Waals surface area contributed by atoms with E-state index in [1.807, 2.05) is 37.5 Å². The van der Waals surface area contributed by atoms with Crippen LogP contribution in [-0.2, 0) is 13.5 Å². The molecule has 2 rings (SSSR count). The zero-order chi connectivity index (χ0) is 14.4. The van der Waals surface area contributed by atoms with Crippen LogP contribution in [0.3, 0.4) is 0 Å². The van der Waals surface area contributed by atoms with Gasteiger partial charge in [0.1, 0.15) is 5.75 Å². The molecule has 0 saturated carbocycles. The molecule has 108 valence electrons. The van der Waals surface area contributed by atoms with Gasteiger partial charge < -0.3 is 9.84 Å². The molecule has 0 aliphatic rings. The molecule has 1 N–H and O–H groups in total. The summed E-state index contributed by atoms with van der Waals surface area (Å²) in [5.74, 6) is 0.857. The number of hydrogen-bond acceptors (Lipinski definition) is 3. The molecule has 1 aromatic heterocycles. The molecule has 0 fully saturated rings. The number of nitrogens with zero attached hydrogens (tertiary/aromatic N) is 2. The number of aliphatic hydroxyl groups excluding tert-OH is 1. The third-order valence-electron chi connectivity index (χ3n) is 3.22.